The molecule has 3 N–H and O–H groups in total. The third-order valence-electron chi connectivity index (χ3n) is 7.00. The van der Waals surface area contributed by atoms with E-state index in [0.29, 0.717) is 17.2 Å². The zero-order valence-electron chi connectivity index (χ0n) is 22.9. The van der Waals surface area contributed by atoms with Crippen LogP contribution < -0.4 is 10.0 Å². The van der Waals surface area contributed by atoms with Crippen molar-refractivity contribution in [1.82, 2.24) is 4.72 Å². The topological polar surface area (TPSA) is 126 Å². The first-order chi connectivity index (χ1) is 19.5. The number of amides is 1. The summed E-state index contributed by atoms with van der Waals surface area (Å²) in [7, 11) is -4.01. The van der Waals surface area contributed by atoms with Crippen molar-refractivity contribution in [2.75, 3.05) is 5.32 Å². The van der Waals surface area contributed by atoms with Gasteiger partial charge in [-0.05, 0) is 73.2 Å². The number of hydrogen-bond acceptors (Lipinski definition) is 5. The summed E-state index contributed by atoms with van der Waals surface area (Å²) >= 11 is 0. The van der Waals surface area contributed by atoms with Crippen molar-refractivity contribution < 1.29 is 27.5 Å². The molecule has 41 heavy (non-hydrogen) atoms. The molecule has 3 aromatic carbocycles. The summed E-state index contributed by atoms with van der Waals surface area (Å²) in [4.78, 5) is 24.5. The lowest BCUT2D eigenvalue weighted by Crippen LogP contribution is -2.44. The van der Waals surface area contributed by atoms with Crippen LogP contribution in [0.1, 0.15) is 48.4 Å². The predicted molar refractivity (Wildman–Crippen MR) is 157 cm³/mol. The Balaban J connectivity index is 1.29. The van der Waals surface area contributed by atoms with Crippen LogP contribution in [0.4, 0.5) is 5.69 Å². The van der Waals surface area contributed by atoms with Gasteiger partial charge in [-0.25, -0.2) is 8.42 Å². The van der Waals surface area contributed by atoms with Crippen LogP contribution in [0.25, 0.3) is 22.1 Å². The van der Waals surface area contributed by atoms with Gasteiger partial charge in [-0.15, -0.1) is 0 Å². The molecule has 0 bridgehead atoms. The smallest absolute Gasteiger partial charge is 0.322 e. The highest BCUT2D eigenvalue weighted by Gasteiger charge is 2.28. The Labute approximate surface area is 238 Å². The van der Waals surface area contributed by atoms with E-state index in [-0.39, 0.29) is 16.6 Å². The molecule has 9 heteroatoms. The van der Waals surface area contributed by atoms with E-state index < -0.39 is 28.0 Å². The molecule has 1 heterocycles. The molecule has 1 saturated carbocycles. The maximum atomic E-state index is 13.1. The molecule has 1 aliphatic rings. The fourth-order valence-corrected chi connectivity index (χ4v) is 5.84. The molecular weight excluding hydrogens is 540 g/mol. The average molecular weight is 571 g/mol. The van der Waals surface area contributed by atoms with Crippen LogP contribution >= 0.6 is 0 Å². The van der Waals surface area contributed by atoms with Crippen LogP contribution in [-0.2, 0) is 14.8 Å². The molecule has 1 amide bonds. The SMILES string of the molecule is Cc1c(C(=O)Nc2ccc(-c3ccc(S(=O)(=O)NC(C(=O)O)C(C)C)cc3)cc2)oc2cccc(C#CC3CC3)c12. The molecule has 8 nitrogen and oxygen atoms in total. The Morgan fingerprint density at radius 3 is 2.20 bits per heavy atom. The van der Waals surface area contributed by atoms with Crippen molar-refractivity contribution in [3.8, 4) is 23.0 Å². The number of furan rings is 1. The molecule has 5 rings (SSSR count). The highest BCUT2D eigenvalue weighted by Crippen LogP contribution is 2.31. The van der Waals surface area contributed by atoms with Gasteiger partial charge < -0.3 is 14.8 Å². The molecule has 1 fully saturated rings. The van der Waals surface area contributed by atoms with E-state index in [9.17, 15) is 23.1 Å². The lowest BCUT2D eigenvalue weighted by Gasteiger charge is -2.18. The van der Waals surface area contributed by atoms with Gasteiger partial charge >= 0.3 is 5.97 Å². The molecule has 0 spiro atoms. The first kappa shape index (κ1) is 28.1. The van der Waals surface area contributed by atoms with Gasteiger partial charge in [0.05, 0.1) is 4.90 Å². The van der Waals surface area contributed by atoms with Gasteiger partial charge in [-0.1, -0.05) is 56.0 Å². The van der Waals surface area contributed by atoms with Crippen molar-refractivity contribution in [2.45, 2.75) is 44.6 Å². The van der Waals surface area contributed by atoms with Crippen molar-refractivity contribution in [3.63, 3.8) is 0 Å². The van der Waals surface area contributed by atoms with Crippen LogP contribution in [0.2, 0.25) is 0 Å². The van der Waals surface area contributed by atoms with Gasteiger partial charge in [-0.2, -0.15) is 4.72 Å². The van der Waals surface area contributed by atoms with Crippen LogP contribution in [0, 0.1) is 30.6 Å². The van der Waals surface area contributed by atoms with Crippen molar-refractivity contribution in [2.24, 2.45) is 11.8 Å². The normalized spacial score (nSPS) is 14.0. The summed E-state index contributed by atoms with van der Waals surface area (Å²) in [5, 5.41) is 13.1. The van der Waals surface area contributed by atoms with Crippen LogP contribution in [0.3, 0.4) is 0 Å². The Hall–Kier alpha value is -4.39. The number of rotatable bonds is 8. The number of benzene rings is 3. The molecule has 1 atom stereocenters. The number of fused-ring (bicyclic) bond motifs is 1. The quantitative estimate of drug-likeness (QED) is 0.230. The lowest BCUT2D eigenvalue weighted by molar-refractivity contribution is -0.140. The Morgan fingerprint density at radius 1 is 0.976 bits per heavy atom. The standard InChI is InChI=1S/C32H30N2O6S/c1-19(2)29(32(36)37)34-41(38,39)26-17-13-23(14-18-26)22-11-15-25(16-12-22)33-31(35)30-20(3)28-24(10-9-21-7-8-21)5-4-6-27(28)40-30/h4-6,11-19,21,29,34H,7-8H2,1-3H3,(H,33,35)(H,36,37). The van der Waals surface area contributed by atoms with E-state index in [1.54, 1.807) is 38.1 Å². The second-order valence-corrected chi connectivity index (χ2v) is 12.2. The minimum atomic E-state index is -4.01. The van der Waals surface area contributed by atoms with Crippen molar-refractivity contribution >= 4 is 38.6 Å². The van der Waals surface area contributed by atoms with Crippen LogP contribution in [0.5, 0.6) is 0 Å². The second-order valence-electron chi connectivity index (χ2n) is 10.5. The number of carbonyl (C=O) groups excluding carboxylic acids is 1. The Kier molecular flexibility index (Phi) is 7.72. The highest BCUT2D eigenvalue weighted by atomic mass is 32.2. The van der Waals surface area contributed by atoms with E-state index in [1.165, 1.54) is 12.1 Å². The fourth-order valence-electron chi connectivity index (χ4n) is 4.50. The molecule has 0 radical (unpaired) electrons. The third kappa shape index (κ3) is 6.19. The van der Waals surface area contributed by atoms with Gasteiger partial charge in [0, 0.05) is 28.1 Å². The maximum Gasteiger partial charge on any atom is 0.322 e. The summed E-state index contributed by atoms with van der Waals surface area (Å²) in [5.41, 5.74) is 4.36. The zero-order chi connectivity index (χ0) is 29.3. The monoisotopic (exact) mass is 570 g/mol. The molecular formula is C32H30N2O6S. The predicted octanol–water partition coefficient (Wildman–Crippen LogP) is 5.81. The number of hydrogen-bond donors (Lipinski definition) is 3. The highest BCUT2D eigenvalue weighted by molar-refractivity contribution is 7.89. The van der Waals surface area contributed by atoms with Gasteiger partial charge in [-0.3, -0.25) is 9.59 Å². The fraction of sp³-hybridized carbons (Fsp3) is 0.250. The Bertz CT molecular complexity index is 1790. The van der Waals surface area contributed by atoms with E-state index >= 15 is 0 Å². The lowest BCUT2D eigenvalue weighted by atomic mass is 10.0. The van der Waals surface area contributed by atoms with Crippen molar-refractivity contribution in [1.29, 1.82) is 0 Å². The largest absolute Gasteiger partial charge is 0.480 e. The summed E-state index contributed by atoms with van der Waals surface area (Å²) in [6, 6.07) is 17.7. The molecule has 0 saturated heterocycles. The van der Waals surface area contributed by atoms with Gasteiger partial charge in [0.1, 0.15) is 11.6 Å². The minimum absolute atomic E-state index is 0.0279. The molecule has 0 aliphatic heterocycles. The summed E-state index contributed by atoms with van der Waals surface area (Å²) in [6.07, 6.45) is 2.27. The number of sulfonamides is 1. The number of anilines is 1. The maximum absolute atomic E-state index is 13.1. The first-order valence-corrected chi connectivity index (χ1v) is 14.8. The van der Waals surface area contributed by atoms with E-state index in [0.717, 1.165) is 40.5 Å². The minimum Gasteiger partial charge on any atom is -0.480 e. The average Bonchev–Trinajstić information content (AvgIpc) is 3.72. The van der Waals surface area contributed by atoms with Crippen molar-refractivity contribution in [3.05, 3.63) is 83.6 Å². The summed E-state index contributed by atoms with van der Waals surface area (Å²) in [5.74, 6) is 5.20. The van der Waals surface area contributed by atoms with E-state index in [2.05, 4.69) is 21.9 Å². The van der Waals surface area contributed by atoms with Gasteiger partial charge in [0.25, 0.3) is 5.91 Å². The first-order valence-electron chi connectivity index (χ1n) is 13.3. The number of carbonyl (C=O) groups is 2. The van der Waals surface area contributed by atoms with E-state index in [4.69, 9.17) is 4.42 Å². The van der Waals surface area contributed by atoms with Crippen LogP contribution in [0.15, 0.2) is 76.0 Å². The number of carboxylic acids is 1. The van der Waals surface area contributed by atoms with Gasteiger partial charge in [0.2, 0.25) is 10.0 Å². The molecule has 1 aliphatic carbocycles. The molecule has 4 aromatic rings. The number of carboxylic acid groups (broad SMARTS) is 1. The number of aliphatic carboxylic acids is 1. The Morgan fingerprint density at radius 2 is 1.61 bits per heavy atom. The summed E-state index contributed by atoms with van der Waals surface area (Å²) in [6.45, 7) is 5.13. The van der Waals surface area contributed by atoms with Crippen LogP contribution in [-0.4, -0.2) is 31.4 Å². The van der Waals surface area contributed by atoms with E-state index in [1.807, 2.05) is 37.3 Å². The summed E-state index contributed by atoms with van der Waals surface area (Å²) < 4.78 is 33.6. The van der Waals surface area contributed by atoms with Gasteiger partial charge in [0.15, 0.2) is 5.76 Å². The molecule has 210 valence electrons. The number of aryl methyl sites for hydroxylation is 1. The molecule has 1 unspecified atom stereocenters. The number of nitrogens with one attached hydrogen (secondary N) is 2. The second kappa shape index (κ2) is 11.2. The molecule has 1 aromatic heterocycles. The third-order valence-corrected chi connectivity index (χ3v) is 8.46. The zero-order valence-corrected chi connectivity index (χ0v) is 23.7.